The first-order chi connectivity index (χ1) is 25.0. The number of halogens is 4. The lowest BCUT2D eigenvalue weighted by molar-refractivity contribution is 0.0943. The number of hydrogen-bond donors (Lipinski definition) is 2. The highest BCUT2D eigenvalue weighted by Gasteiger charge is 2.28. The van der Waals surface area contributed by atoms with Crippen LogP contribution in [0, 0.1) is 0 Å². The molecule has 266 valence electrons. The van der Waals surface area contributed by atoms with Crippen LogP contribution in [-0.4, -0.2) is 48.8 Å². The number of nitrogens with zero attached hydrogens (tertiary/aromatic N) is 2. The average molecular weight is 773 g/mol. The van der Waals surface area contributed by atoms with E-state index in [9.17, 15) is 9.59 Å². The molecule has 0 saturated carbocycles. The summed E-state index contributed by atoms with van der Waals surface area (Å²) in [5, 5.41) is 8.67. The predicted octanol–water partition coefficient (Wildman–Crippen LogP) is 9.31. The van der Waals surface area contributed by atoms with Gasteiger partial charge in [-0.3, -0.25) is 9.59 Å². The Morgan fingerprint density at radius 1 is 0.596 bits per heavy atom. The number of fused-ring (bicyclic) bond motifs is 2. The zero-order chi connectivity index (χ0) is 36.5. The van der Waals surface area contributed by atoms with Gasteiger partial charge in [-0.1, -0.05) is 94.9 Å². The van der Waals surface area contributed by atoms with Gasteiger partial charge < -0.3 is 20.4 Å². The first-order valence-corrected chi connectivity index (χ1v) is 18.7. The standard InChI is InChI=1S/C42H38Cl4N4O2/c1-49-21-35(33-15-31(43)17-39(45)37(33)23-49)27-6-10-29(11-7-27)41(51)47-19-25-4-3-5-26(14-25)20-48-42(52)30-12-8-28(9-13-30)36-22-50(2)24-38-34(36)16-32(44)18-40(38)46/h3-18,35-36H,19-24H2,1-2H3,(H,47,51)(H,48,52). The lowest BCUT2D eigenvalue weighted by atomic mass is 9.84. The second-order valence-electron chi connectivity index (χ2n) is 13.8. The van der Waals surface area contributed by atoms with E-state index in [1.807, 2.05) is 84.9 Å². The predicted molar refractivity (Wildman–Crippen MR) is 211 cm³/mol. The van der Waals surface area contributed by atoms with Crippen molar-refractivity contribution in [2.24, 2.45) is 0 Å². The van der Waals surface area contributed by atoms with Gasteiger partial charge in [-0.25, -0.2) is 0 Å². The molecule has 2 unspecified atom stereocenters. The van der Waals surface area contributed by atoms with E-state index in [1.54, 1.807) is 12.1 Å². The molecule has 52 heavy (non-hydrogen) atoms. The lowest BCUT2D eigenvalue weighted by Crippen LogP contribution is -2.31. The van der Waals surface area contributed by atoms with E-state index >= 15 is 0 Å². The van der Waals surface area contributed by atoms with Gasteiger partial charge in [0.1, 0.15) is 0 Å². The molecule has 0 fully saturated rings. The topological polar surface area (TPSA) is 64.7 Å². The first-order valence-electron chi connectivity index (χ1n) is 17.2. The highest BCUT2D eigenvalue weighted by Crippen LogP contribution is 2.40. The Bertz CT molecular complexity index is 1990. The number of carbonyl (C=O) groups is 2. The minimum atomic E-state index is -0.157. The van der Waals surface area contributed by atoms with Crippen LogP contribution in [0.3, 0.4) is 0 Å². The molecule has 2 amide bonds. The molecule has 5 aromatic carbocycles. The maximum absolute atomic E-state index is 13.1. The monoisotopic (exact) mass is 770 g/mol. The third-order valence-electron chi connectivity index (χ3n) is 10.0. The summed E-state index contributed by atoms with van der Waals surface area (Å²) in [6.45, 7) is 3.92. The summed E-state index contributed by atoms with van der Waals surface area (Å²) in [6, 6.07) is 30.9. The number of nitrogens with one attached hydrogen (secondary N) is 2. The first kappa shape index (κ1) is 36.5. The normalized spacial score (nSPS) is 17.3. The fourth-order valence-electron chi connectivity index (χ4n) is 7.41. The Morgan fingerprint density at radius 3 is 1.40 bits per heavy atom. The van der Waals surface area contributed by atoms with Crippen molar-refractivity contribution in [2.75, 3.05) is 27.2 Å². The Labute approximate surface area is 324 Å². The highest BCUT2D eigenvalue weighted by molar-refractivity contribution is 6.35. The summed E-state index contributed by atoms with van der Waals surface area (Å²) in [6.07, 6.45) is 0. The van der Waals surface area contributed by atoms with Gasteiger partial charge in [0.15, 0.2) is 0 Å². The van der Waals surface area contributed by atoms with Crippen LogP contribution in [0.2, 0.25) is 20.1 Å². The van der Waals surface area contributed by atoms with Crippen LogP contribution in [0.4, 0.5) is 0 Å². The number of carbonyl (C=O) groups excluding carboxylic acids is 2. The molecule has 0 spiro atoms. The Balaban J connectivity index is 0.942. The minimum Gasteiger partial charge on any atom is -0.348 e. The van der Waals surface area contributed by atoms with Gasteiger partial charge in [0.25, 0.3) is 11.8 Å². The van der Waals surface area contributed by atoms with Crippen LogP contribution in [0.15, 0.2) is 97.1 Å². The van der Waals surface area contributed by atoms with Crippen LogP contribution in [-0.2, 0) is 26.2 Å². The molecular weight excluding hydrogens is 734 g/mol. The molecule has 2 N–H and O–H groups in total. The highest BCUT2D eigenvalue weighted by atomic mass is 35.5. The van der Waals surface area contributed by atoms with Crippen molar-refractivity contribution in [3.63, 3.8) is 0 Å². The van der Waals surface area contributed by atoms with E-state index in [2.05, 4.69) is 34.5 Å². The van der Waals surface area contributed by atoms with Crippen molar-refractivity contribution in [3.8, 4) is 0 Å². The van der Waals surface area contributed by atoms with E-state index in [0.717, 1.165) is 70.7 Å². The Hall–Kier alpha value is -3.88. The minimum absolute atomic E-state index is 0.104. The summed E-state index contributed by atoms with van der Waals surface area (Å²) < 4.78 is 0. The number of likely N-dealkylation sites (N-methyl/N-ethyl adjacent to an activating group) is 2. The molecule has 5 aromatic rings. The molecule has 7 rings (SSSR count). The third-order valence-corrected chi connectivity index (χ3v) is 11.1. The van der Waals surface area contributed by atoms with Crippen LogP contribution in [0.1, 0.15) is 77.1 Å². The molecule has 0 aromatic heterocycles. The van der Waals surface area contributed by atoms with Crippen molar-refractivity contribution in [1.82, 2.24) is 20.4 Å². The van der Waals surface area contributed by atoms with E-state index in [4.69, 9.17) is 46.4 Å². The fraction of sp³-hybridized carbons (Fsp3) is 0.238. The van der Waals surface area contributed by atoms with E-state index in [1.165, 1.54) is 0 Å². The maximum Gasteiger partial charge on any atom is 0.251 e. The summed E-state index contributed by atoms with van der Waals surface area (Å²) in [5.74, 6) is -0.107. The van der Waals surface area contributed by atoms with Gasteiger partial charge in [0, 0.05) is 82.3 Å². The van der Waals surface area contributed by atoms with Gasteiger partial charge >= 0.3 is 0 Å². The van der Waals surface area contributed by atoms with Crippen LogP contribution in [0.25, 0.3) is 0 Å². The van der Waals surface area contributed by atoms with Crippen molar-refractivity contribution in [2.45, 2.75) is 38.0 Å². The SMILES string of the molecule is CN1Cc2c(Cl)cc(Cl)cc2C(c2ccc(C(=O)NCc3cccc(CNC(=O)c4ccc(C5CN(C)Cc6c(Cl)cc(Cl)cc65)cc4)c3)cc2)C1. The van der Waals surface area contributed by atoms with Crippen molar-refractivity contribution in [1.29, 1.82) is 0 Å². The van der Waals surface area contributed by atoms with Crippen molar-refractivity contribution in [3.05, 3.63) is 173 Å². The second kappa shape index (κ2) is 15.6. The van der Waals surface area contributed by atoms with Crippen LogP contribution >= 0.6 is 46.4 Å². The number of rotatable bonds is 8. The Morgan fingerprint density at radius 2 is 1.00 bits per heavy atom. The zero-order valence-electron chi connectivity index (χ0n) is 28.9. The molecule has 2 heterocycles. The molecule has 0 aliphatic carbocycles. The molecule has 10 heteroatoms. The van der Waals surface area contributed by atoms with E-state index < -0.39 is 0 Å². The largest absolute Gasteiger partial charge is 0.348 e. The summed E-state index contributed by atoms with van der Waals surface area (Å²) >= 11 is 25.8. The van der Waals surface area contributed by atoms with Gasteiger partial charge in [0.2, 0.25) is 0 Å². The number of benzene rings is 5. The summed E-state index contributed by atoms with van der Waals surface area (Å²) in [7, 11) is 4.16. The smallest absolute Gasteiger partial charge is 0.251 e. The number of amides is 2. The van der Waals surface area contributed by atoms with Crippen LogP contribution < -0.4 is 10.6 Å². The lowest BCUT2D eigenvalue weighted by Gasteiger charge is -2.33. The maximum atomic E-state index is 13.1. The van der Waals surface area contributed by atoms with Crippen molar-refractivity contribution < 1.29 is 9.59 Å². The second-order valence-corrected chi connectivity index (χ2v) is 15.5. The van der Waals surface area contributed by atoms with Gasteiger partial charge in [0.05, 0.1) is 0 Å². The quantitative estimate of drug-likeness (QED) is 0.165. The zero-order valence-corrected chi connectivity index (χ0v) is 31.9. The van der Waals surface area contributed by atoms with Crippen LogP contribution in [0.5, 0.6) is 0 Å². The third kappa shape index (κ3) is 8.03. The van der Waals surface area contributed by atoms with E-state index in [0.29, 0.717) is 44.3 Å². The molecule has 2 aliphatic heterocycles. The average Bonchev–Trinajstić information content (AvgIpc) is 3.13. The molecule has 0 saturated heterocycles. The molecule has 0 bridgehead atoms. The molecule has 2 aliphatic rings. The molecule has 0 radical (unpaired) electrons. The molecule has 6 nitrogen and oxygen atoms in total. The Kier molecular flexibility index (Phi) is 11.0. The number of hydrogen-bond acceptors (Lipinski definition) is 4. The molecular formula is C42H38Cl4N4O2. The van der Waals surface area contributed by atoms with Gasteiger partial charge in [-0.2, -0.15) is 0 Å². The summed E-state index contributed by atoms with van der Waals surface area (Å²) in [4.78, 5) is 30.7. The van der Waals surface area contributed by atoms with Crippen molar-refractivity contribution >= 4 is 58.2 Å². The molecule has 2 atom stereocenters. The van der Waals surface area contributed by atoms with Gasteiger partial charge in [-0.15, -0.1) is 0 Å². The van der Waals surface area contributed by atoms with Gasteiger partial charge in [-0.05, 0) is 107 Å². The van der Waals surface area contributed by atoms with E-state index in [-0.39, 0.29) is 23.7 Å². The fourth-order valence-corrected chi connectivity index (χ4v) is 8.55. The summed E-state index contributed by atoms with van der Waals surface area (Å²) in [5.41, 5.74) is 9.70.